The van der Waals surface area contributed by atoms with E-state index < -0.39 is 0 Å². The van der Waals surface area contributed by atoms with Gasteiger partial charge in [0.25, 0.3) is 0 Å². The van der Waals surface area contributed by atoms with Crippen molar-refractivity contribution in [3.8, 4) is 0 Å². The van der Waals surface area contributed by atoms with Crippen molar-refractivity contribution < 1.29 is 4.79 Å². The lowest BCUT2D eigenvalue weighted by atomic mass is 10.2. The molecule has 0 atom stereocenters. The molecule has 0 aliphatic heterocycles. The highest BCUT2D eigenvalue weighted by molar-refractivity contribution is 5.98. The lowest BCUT2D eigenvalue weighted by molar-refractivity contribution is -0.109. The van der Waals surface area contributed by atoms with Gasteiger partial charge >= 0.3 is 0 Å². The number of nitrogens with one attached hydrogen (secondary N) is 1. The molecule has 0 heterocycles. The predicted octanol–water partition coefficient (Wildman–Crippen LogP) is -0.334. The van der Waals surface area contributed by atoms with Crippen LogP contribution in [0.25, 0.3) is 0 Å². The fourth-order valence-corrected chi connectivity index (χ4v) is 0.603. The molecule has 11 heavy (non-hydrogen) atoms. The summed E-state index contributed by atoms with van der Waals surface area (Å²) >= 11 is 0. The largest absolute Gasteiger partial charge is 0.404 e. The van der Waals surface area contributed by atoms with Crippen LogP contribution in [-0.2, 0) is 4.79 Å². The average Bonchev–Trinajstić information content (AvgIpc) is 2.05. The molecular weight excluding hydrogens is 142 g/mol. The molecule has 1 amide bonds. The van der Waals surface area contributed by atoms with Crippen LogP contribution in [0.15, 0.2) is 16.8 Å². The van der Waals surface area contributed by atoms with Gasteiger partial charge in [-0.2, -0.15) is 0 Å². The number of hydrogen-bond donors (Lipinski definition) is 2. The Morgan fingerprint density at radius 2 is 2.36 bits per heavy atom. The average molecular weight is 155 g/mol. The van der Waals surface area contributed by atoms with Gasteiger partial charge < -0.3 is 11.1 Å². The topological polar surface area (TPSA) is 67.5 Å². The zero-order chi connectivity index (χ0) is 8.69. The van der Waals surface area contributed by atoms with E-state index in [4.69, 9.17) is 5.73 Å². The summed E-state index contributed by atoms with van der Waals surface area (Å²) < 4.78 is 0. The predicted molar refractivity (Wildman–Crippen MR) is 45.4 cm³/mol. The standard InChI is InChI=1S/C7H13N3O/c1-6(9-2)7(3-8)4-10-5-11/h3,5H,4,8H2,1-2H3,(H,10,11)/b7-3-,9-6?. The summed E-state index contributed by atoms with van der Waals surface area (Å²) in [6, 6.07) is 0. The van der Waals surface area contributed by atoms with E-state index in [9.17, 15) is 4.79 Å². The van der Waals surface area contributed by atoms with E-state index in [1.807, 2.05) is 6.92 Å². The monoisotopic (exact) mass is 155 g/mol. The molecule has 0 aromatic heterocycles. The zero-order valence-electron chi connectivity index (χ0n) is 6.79. The van der Waals surface area contributed by atoms with Crippen LogP contribution in [-0.4, -0.2) is 25.7 Å². The van der Waals surface area contributed by atoms with Gasteiger partial charge in [-0.15, -0.1) is 0 Å². The Bertz CT molecular complexity index is 184. The van der Waals surface area contributed by atoms with Crippen molar-refractivity contribution in [1.82, 2.24) is 5.32 Å². The third kappa shape index (κ3) is 3.40. The van der Waals surface area contributed by atoms with Crippen molar-refractivity contribution in [3.63, 3.8) is 0 Å². The van der Waals surface area contributed by atoms with Gasteiger partial charge in [0.1, 0.15) is 0 Å². The molecule has 0 radical (unpaired) electrons. The molecule has 0 fully saturated rings. The third-order valence-electron chi connectivity index (χ3n) is 1.38. The molecule has 3 N–H and O–H groups in total. The molecule has 4 heteroatoms. The van der Waals surface area contributed by atoms with E-state index in [-0.39, 0.29) is 0 Å². The minimum Gasteiger partial charge on any atom is -0.404 e. The van der Waals surface area contributed by atoms with Gasteiger partial charge in [-0.1, -0.05) is 0 Å². The van der Waals surface area contributed by atoms with Crippen LogP contribution in [0.1, 0.15) is 6.92 Å². The minimum absolute atomic E-state index is 0.434. The third-order valence-corrected chi connectivity index (χ3v) is 1.38. The Labute approximate surface area is 66.2 Å². The fourth-order valence-electron chi connectivity index (χ4n) is 0.603. The Morgan fingerprint density at radius 1 is 1.73 bits per heavy atom. The van der Waals surface area contributed by atoms with E-state index in [2.05, 4.69) is 10.3 Å². The second-order valence-corrected chi connectivity index (χ2v) is 2.00. The molecule has 0 aliphatic rings. The Morgan fingerprint density at radius 3 is 2.73 bits per heavy atom. The summed E-state index contributed by atoms with van der Waals surface area (Å²) in [6.07, 6.45) is 2.07. The van der Waals surface area contributed by atoms with Gasteiger partial charge in [-0.25, -0.2) is 0 Å². The first-order valence-corrected chi connectivity index (χ1v) is 3.27. The number of hydrogen-bond acceptors (Lipinski definition) is 3. The van der Waals surface area contributed by atoms with Crippen molar-refractivity contribution in [2.45, 2.75) is 6.92 Å². The first kappa shape index (κ1) is 9.68. The smallest absolute Gasteiger partial charge is 0.207 e. The molecule has 0 aliphatic carbocycles. The van der Waals surface area contributed by atoms with Crippen molar-refractivity contribution in [3.05, 3.63) is 11.8 Å². The van der Waals surface area contributed by atoms with Crippen molar-refractivity contribution >= 4 is 12.1 Å². The lowest BCUT2D eigenvalue weighted by Crippen LogP contribution is -2.19. The highest BCUT2D eigenvalue weighted by Crippen LogP contribution is 1.92. The Kier molecular flexibility index (Phi) is 4.81. The molecule has 0 bridgehead atoms. The summed E-state index contributed by atoms with van der Waals surface area (Å²) in [4.78, 5) is 13.8. The summed E-state index contributed by atoms with van der Waals surface area (Å²) in [6.45, 7) is 2.27. The number of carbonyl (C=O) groups excluding carboxylic acids is 1. The molecule has 0 rings (SSSR count). The summed E-state index contributed by atoms with van der Waals surface area (Å²) in [5, 5.41) is 2.50. The van der Waals surface area contributed by atoms with E-state index in [0.717, 1.165) is 11.3 Å². The molecule has 0 aromatic carbocycles. The van der Waals surface area contributed by atoms with E-state index >= 15 is 0 Å². The van der Waals surface area contributed by atoms with Crippen molar-refractivity contribution in [2.24, 2.45) is 10.7 Å². The van der Waals surface area contributed by atoms with E-state index in [0.29, 0.717) is 13.0 Å². The molecule has 0 aromatic rings. The van der Waals surface area contributed by atoms with Gasteiger partial charge in [-0.3, -0.25) is 9.79 Å². The maximum atomic E-state index is 9.92. The molecule has 0 saturated carbocycles. The van der Waals surface area contributed by atoms with Crippen LogP contribution in [0.4, 0.5) is 0 Å². The maximum Gasteiger partial charge on any atom is 0.207 e. The van der Waals surface area contributed by atoms with Gasteiger partial charge in [0, 0.05) is 31.1 Å². The maximum absolute atomic E-state index is 9.92. The lowest BCUT2D eigenvalue weighted by Gasteiger charge is -2.03. The Balaban J connectivity index is 4.08. The van der Waals surface area contributed by atoms with Gasteiger partial charge in [0.2, 0.25) is 6.41 Å². The highest BCUT2D eigenvalue weighted by Gasteiger charge is 1.97. The van der Waals surface area contributed by atoms with Gasteiger partial charge in [0.15, 0.2) is 0 Å². The normalized spacial score (nSPS) is 12.9. The quantitative estimate of drug-likeness (QED) is 0.431. The van der Waals surface area contributed by atoms with Crippen molar-refractivity contribution in [1.29, 1.82) is 0 Å². The van der Waals surface area contributed by atoms with E-state index in [1.165, 1.54) is 6.20 Å². The molecule has 0 spiro atoms. The second-order valence-electron chi connectivity index (χ2n) is 2.00. The van der Waals surface area contributed by atoms with Gasteiger partial charge in [-0.05, 0) is 6.92 Å². The zero-order valence-corrected chi connectivity index (χ0v) is 6.79. The number of amides is 1. The number of aliphatic imine (C=N–C) groups is 1. The highest BCUT2D eigenvalue weighted by atomic mass is 16.1. The second kappa shape index (κ2) is 5.46. The fraction of sp³-hybridized carbons (Fsp3) is 0.429. The first-order chi connectivity index (χ1) is 5.26. The molecule has 62 valence electrons. The van der Waals surface area contributed by atoms with Gasteiger partial charge in [0.05, 0.1) is 0 Å². The molecule has 0 unspecified atom stereocenters. The van der Waals surface area contributed by atoms with Crippen molar-refractivity contribution in [2.75, 3.05) is 13.6 Å². The Hall–Kier alpha value is -1.32. The van der Waals surface area contributed by atoms with E-state index in [1.54, 1.807) is 7.05 Å². The van der Waals surface area contributed by atoms with Crippen LogP contribution in [0.2, 0.25) is 0 Å². The number of nitrogens with two attached hydrogens (primary N) is 1. The van der Waals surface area contributed by atoms with Crippen LogP contribution < -0.4 is 11.1 Å². The molecular formula is C7H13N3O. The number of carbonyl (C=O) groups is 1. The SMILES string of the molecule is CN=C(C)/C(=C\N)CNC=O. The first-order valence-electron chi connectivity index (χ1n) is 3.27. The summed E-state index contributed by atoms with van der Waals surface area (Å²) in [5.74, 6) is 0. The van der Waals surface area contributed by atoms with Crippen LogP contribution in [0, 0.1) is 0 Å². The molecule has 4 nitrogen and oxygen atoms in total. The van der Waals surface area contributed by atoms with Crippen LogP contribution in [0.3, 0.4) is 0 Å². The summed E-state index contributed by atoms with van der Waals surface area (Å²) in [7, 11) is 1.68. The van der Waals surface area contributed by atoms with Crippen LogP contribution in [0.5, 0.6) is 0 Å². The number of rotatable bonds is 4. The molecule has 0 saturated heterocycles. The van der Waals surface area contributed by atoms with Crippen LogP contribution >= 0.6 is 0 Å². The number of nitrogens with zero attached hydrogens (tertiary/aromatic N) is 1. The minimum atomic E-state index is 0.434. The summed E-state index contributed by atoms with van der Waals surface area (Å²) in [5.41, 5.74) is 6.96.